The predicted octanol–water partition coefficient (Wildman–Crippen LogP) is -0.592. The monoisotopic (exact) mass is 212 g/mol. The molecule has 0 aliphatic carbocycles. The average molecular weight is 212 g/mol. The molecule has 0 aliphatic rings. The standard InChI is InChI=1S/C9H12N2O4/c1-3-15-7(12)5-11-4-6(2)8(13)10-9(11)14/h4H,3,5H2,1-2H3,(H,10,13,14). The second-order valence-electron chi connectivity index (χ2n) is 3.00. The van der Waals surface area contributed by atoms with Crippen molar-refractivity contribution < 1.29 is 9.53 Å². The van der Waals surface area contributed by atoms with E-state index in [9.17, 15) is 14.4 Å². The normalized spacial score (nSPS) is 10.0. The molecular formula is C9H12N2O4. The number of ether oxygens (including phenoxy) is 1. The first kappa shape index (κ1) is 11.2. The van der Waals surface area contributed by atoms with Crippen molar-refractivity contribution in [3.8, 4) is 0 Å². The van der Waals surface area contributed by atoms with Crippen molar-refractivity contribution in [2.75, 3.05) is 6.61 Å². The highest BCUT2D eigenvalue weighted by Crippen LogP contribution is 1.87. The van der Waals surface area contributed by atoms with Gasteiger partial charge in [-0.25, -0.2) is 4.79 Å². The summed E-state index contributed by atoms with van der Waals surface area (Å²) in [4.78, 5) is 35.4. The second kappa shape index (κ2) is 4.59. The number of aryl methyl sites for hydroxylation is 1. The van der Waals surface area contributed by atoms with E-state index < -0.39 is 17.2 Å². The maximum atomic E-state index is 11.2. The molecule has 0 spiro atoms. The molecule has 1 N–H and O–H groups in total. The molecule has 0 unspecified atom stereocenters. The first-order valence-corrected chi connectivity index (χ1v) is 4.50. The van der Waals surface area contributed by atoms with Crippen molar-refractivity contribution in [3.63, 3.8) is 0 Å². The molecule has 0 saturated carbocycles. The van der Waals surface area contributed by atoms with Gasteiger partial charge >= 0.3 is 11.7 Å². The third kappa shape index (κ3) is 2.80. The third-order valence-electron chi connectivity index (χ3n) is 1.79. The number of H-pyrrole nitrogens is 1. The van der Waals surface area contributed by atoms with Crippen LogP contribution in [0.1, 0.15) is 12.5 Å². The summed E-state index contributed by atoms with van der Waals surface area (Å²) >= 11 is 0. The van der Waals surface area contributed by atoms with Crippen LogP contribution in [0.5, 0.6) is 0 Å². The van der Waals surface area contributed by atoms with E-state index in [1.54, 1.807) is 13.8 Å². The third-order valence-corrected chi connectivity index (χ3v) is 1.79. The zero-order chi connectivity index (χ0) is 11.4. The van der Waals surface area contributed by atoms with Gasteiger partial charge in [-0.15, -0.1) is 0 Å². The molecule has 0 atom stereocenters. The topological polar surface area (TPSA) is 81.2 Å². The van der Waals surface area contributed by atoms with Crippen LogP contribution in [0.3, 0.4) is 0 Å². The van der Waals surface area contributed by atoms with E-state index >= 15 is 0 Å². The smallest absolute Gasteiger partial charge is 0.328 e. The van der Waals surface area contributed by atoms with E-state index in [2.05, 4.69) is 9.72 Å². The molecule has 0 amide bonds. The molecule has 15 heavy (non-hydrogen) atoms. The van der Waals surface area contributed by atoms with E-state index in [-0.39, 0.29) is 13.2 Å². The maximum absolute atomic E-state index is 11.2. The minimum Gasteiger partial charge on any atom is -0.465 e. The Morgan fingerprint density at radius 1 is 1.53 bits per heavy atom. The summed E-state index contributed by atoms with van der Waals surface area (Å²) in [5.74, 6) is -0.508. The molecule has 0 aliphatic heterocycles. The van der Waals surface area contributed by atoms with E-state index in [1.165, 1.54) is 6.20 Å². The van der Waals surface area contributed by atoms with E-state index in [0.717, 1.165) is 4.57 Å². The van der Waals surface area contributed by atoms with E-state index in [1.807, 2.05) is 0 Å². The average Bonchev–Trinajstić information content (AvgIpc) is 2.14. The van der Waals surface area contributed by atoms with Crippen molar-refractivity contribution in [1.29, 1.82) is 0 Å². The molecule has 1 aromatic rings. The maximum Gasteiger partial charge on any atom is 0.328 e. The van der Waals surface area contributed by atoms with Gasteiger partial charge in [0, 0.05) is 11.8 Å². The minimum atomic E-state index is -0.612. The lowest BCUT2D eigenvalue weighted by Gasteiger charge is -2.04. The summed E-state index contributed by atoms with van der Waals surface area (Å²) in [5.41, 5.74) is -0.683. The van der Waals surface area contributed by atoms with Crippen LogP contribution in [-0.2, 0) is 16.1 Å². The molecule has 0 bridgehead atoms. The Kier molecular flexibility index (Phi) is 3.43. The van der Waals surface area contributed by atoms with Crippen LogP contribution < -0.4 is 11.2 Å². The zero-order valence-electron chi connectivity index (χ0n) is 8.57. The molecule has 0 saturated heterocycles. The fraction of sp³-hybridized carbons (Fsp3) is 0.444. The highest BCUT2D eigenvalue weighted by Gasteiger charge is 2.06. The number of carbonyl (C=O) groups is 1. The van der Waals surface area contributed by atoms with Crippen molar-refractivity contribution in [1.82, 2.24) is 9.55 Å². The summed E-state index contributed by atoms with van der Waals surface area (Å²) in [7, 11) is 0. The van der Waals surface area contributed by atoms with Gasteiger partial charge in [-0.3, -0.25) is 19.1 Å². The van der Waals surface area contributed by atoms with Crippen LogP contribution in [0, 0.1) is 6.92 Å². The van der Waals surface area contributed by atoms with Gasteiger partial charge in [0.2, 0.25) is 0 Å². The molecular weight excluding hydrogens is 200 g/mol. The summed E-state index contributed by atoms with van der Waals surface area (Å²) in [6.07, 6.45) is 1.33. The van der Waals surface area contributed by atoms with Crippen LogP contribution in [0.4, 0.5) is 0 Å². The number of nitrogens with zero attached hydrogens (tertiary/aromatic N) is 1. The second-order valence-corrected chi connectivity index (χ2v) is 3.00. The van der Waals surface area contributed by atoms with E-state index in [4.69, 9.17) is 0 Å². The van der Waals surface area contributed by atoms with Crippen molar-refractivity contribution >= 4 is 5.97 Å². The molecule has 6 nitrogen and oxygen atoms in total. The Bertz CT molecular complexity index is 472. The first-order valence-electron chi connectivity index (χ1n) is 4.50. The highest BCUT2D eigenvalue weighted by molar-refractivity contribution is 5.69. The van der Waals surface area contributed by atoms with Gasteiger partial charge in [0.1, 0.15) is 6.54 Å². The highest BCUT2D eigenvalue weighted by atomic mass is 16.5. The van der Waals surface area contributed by atoms with Gasteiger partial charge in [-0.05, 0) is 13.8 Å². The number of hydrogen-bond donors (Lipinski definition) is 1. The van der Waals surface area contributed by atoms with E-state index in [0.29, 0.717) is 5.56 Å². The van der Waals surface area contributed by atoms with Crippen LogP contribution in [0.15, 0.2) is 15.8 Å². The number of rotatable bonds is 3. The number of nitrogens with one attached hydrogen (secondary N) is 1. The predicted molar refractivity (Wildman–Crippen MR) is 52.7 cm³/mol. The van der Waals surface area contributed by atoms with Gasteiger partial charge in [-0.1, -0.05) is 0 Å². The Hall–Kier alpha value is -1.85. The lowest BCUT2D eigenvalue weighted by Crippen LogP contribution is -2.33. The molecule has 0 fully saturated rings. The molecule has 0 radical (unpaired) electrons. The summed E-state index contributed by atoms with van der Waals surface area (Å²) in [5, 5.41) is 0. The summed E-state index contributed by atoms with van der Waals surface area (Å²) < 4.78 is 5.79. The fourth-order valence-electron chi connectivity index (χ4n) is 1.08. The number of hydrogen-bond acceptors (Lipinski definition) is 4. The van der Waals surface area contributed by atoms with Gasteiger partial charge in [0.05, 0.1) is 6.61 Å². The quantitative estimate of drug-likeness (QED) is 0.679. The first-order chi connectivity index (χ1) is 7.04. The summed E-state index contributed by atoms with van der Waals surface area (Å²) in [6, 6.07) is 0. The number of esters is 1. The van der Waals surface area contributed by atoms with Crippen LogP contribution >= 0.6 is 0 Å². The van der Waals surface area contributed by atoms with Gasteiger partial charge in [0.25, 0.3) is 5.56 Å². The molecule has 6 heteroatoms. The summed E-state index contributed by atoms with van der Waals surface area (Å²) in [6.45, 7) is 3.30. The van der Waals surface area contributed by atoms with Crippen molar-refractivity contribution in [2.45, 2.75) is 20.4 Å². The van der Waals surface area contributed by atoms with Crippen LogP contribution in [0.25, 0.3) is 0 Å². The van der Waals surface area contributed by atoms with Crippen molar-refractivity contribution in [2.24, 2.45) is 0 Å². The molecule has 1 aromatic heterocycles. The Labute approximate surface area is 85.5 Å². The Balaban J connectivity index is 2.96. The molecule has 1 rings (SSSR count). The fourth-order valence-corrected chi connectivity index (χ4v) is 1.08. The number of aromatic amines is 1. The lowest BCUT2D eigenvalue weighted by molar-refractivity contribution is -0.143. The van der Waals surface area contributed by atoms with Crippen LogP contribution in [0.2, 0.25) is 0 Å². The largest absolute Gasteiger partial charge is 0.465 e. The molecule has 1 heterocycles. The zero-order valence-corrected chi connectivity index (χ0v) is 8.57. The Morgan fingerprint density at radius 3 is 2.80 bits per heavy atom. The van der Waals surface area contributed by atoms with Gasteiger partial charge in [-0.2, -0.15) is 0 Å². The molecule has 0 aromatic carbocycles. The minimum absolute atomic E-state index is 0.190. The number of carbonyl (C=O) groups excluding carboxylic acids is 1. The number of aromatic nitrogens is 2. The SMILES string of the molecule is CCOC(=O)Cn1cc(C)c(=O)[nH]c1=O. The molecule has 82 valence electrons. The van der Waals surface area contributed by atoms with Gasteiger partial charge in [0.15, 0.2) is 0 Å². The van der Waals surface area contributed by atoms with Crippen molar-refractivity contribution in [3.05, 3.63) is 32.6 Å². The van der Waals surface area contributed by atoms with Crippen LogP contribution in [-0.4, -0.2) is 22.1 Å². The van der Waals surface area contributed by atoms with Gasteiger partial charge < -0.3 is 4.74 Å². The Morgan fingerprint density at radius 2 is 2.20 bits per heavy atom. The lowest BCUT2D eigenvalue weighted by atomic mass is 10.4.